The molecule has 2 N–H and O–H groups in total. The second-order valence-electron chi connectivity index (χ2n) is 6.84. The molecule has 2 heteroatoms. The Hall–Kier alpha value is -0.0800. The van der Waals surface area contributed by atoms with E-state index in [1.165, 1.54) is 19.3 Å². The summed E-state index contributed by atoms with van der Waals surface area (Å²) in [4.78, 5) is 0. The molecule has 3 rings (SSSR count). The highest BCUT2D eigenvalue weighted by Crippen LogP contribution is 2.51. The van der Waals surface area contributed by atoms with Crippen LogP contribution >= 0.6 is 0 Å². The maximum Gasteiger partial charge on any atom is 0.0603 e. The topological polar surface area (TPSA) is 40.5 Å². The van der Waals surface area contributed by atoms with Gasteiger partial charge in [-0.1, -0.05) is 26.2 Å². The van der Waals surface area contributed by atoms with E-state index in [0.29, 0.717) is 23.7 Å². The molecule has 3 fully saturated rings. The van der Waals surface area contributed by atoms with E-state index in [4.69, 9.17) is 0 Å². The van der Waals surface area contributed by atoms with Gasteiger partial charge in [-0.2, -0.15) is 0 Å². The summed E-state index contributed by atoms with van der Waals surface area (Å²) in [7, 11) is 0. The van der Waals surface area contributed by atoms with E-state index >= 15 is 0 Å². The standard InChI is InChI=1S/C15H26O2/c1-9-6-7-12-13(8-9)15(17)11-5-3-2-4-10(11)14(12)16/h9-17H,2-8H2,1H3. The van der Waals surface area contributed by atoms with Crippen molar-refractivity contribution in [2.45, 2.75) is 64.1 Å². The molecule has 3 aliphatic rings. The average molecular weight is 238 g/mol. The predicted molar refractivity (Wildman–Crippen MR) is 67.5 cm³/mol. The Balaban J connectivity index is 1.82. The number of aliphatic hydroxyl groups is 2. The summed E-state index contributed by atoms with van der Waals surface area (Å²) in [5, 5.41) is 21.2. The van der Waals surface area contributed by atoms with Gasteiger partial charge in [0.15, 0.2) is 0 Å². The second kappa shape index (κ2) is 4.55. The van der Waals surface area contributed by atoms with Crippen molar-refractivity contribution in [1.29, 1.82) is 0 Å². The van der Waals surface area contributed by atoms with Gasteiger partial charge in [-0.15, -0.1) is 0 Å². The van der Waals surface area contributed by atoms with Crippen LogP contribution in [0.25, 0.3) is 0 Å². The summed E-state index contributed by atoms with van der Waals surface area (Å²) in [6.45, 7) is 2.29. The lowest BCUT2D eigenvalue weighted by Gasteiger charge is -2.53. The molecular formula is C15H26O2. The molecule has 98 valence electrons. The molecule has 0 spiro atoms. The molecule has 7 unspecified atom stereocenters. The number of fused-ring (bicyclic) bond motifs is 2. The fourth-order valence-electron chi connectivity index (χ4n) is 4.94. The minimum absolute atomic E-state index is 0.124. The van der Waals surface area contributed by atoms with Gasteiger partial charge in [-0.3, -0.25) is 0 Å². The van der Waals surface area contributed by atoms with Gasteiger partial charge in [0.1, 0.15) is 0 Å². The Labute approximate surface area is 104 Å². The molecule has 0 aromatic rings. The van der Waals surface area contributed by atoms with Gasteiger partial charge >= 0.3 is 0 Å². The van der Waals surface area contributed by atoms with Crippen molar-refractivity contribution in [2.24, 2.45) is 29.6 Å². The molecule has 0 amide bonds. The van der Waals surface area contributed by atoms with Gasteiger partial charge in [0.25, 0.3) is 0 Å². The minimum atomic E-state index is -0.128. The molecular weight excluding hydrogens is 212 g/mol. The molecule has 0 radical (unpaired) electrons. The third-order valence-corrected chi connectivity index (χ3v) is 5.85. The zero-order valence-corrected chi connectivity index (χ0v) is 10.9. The van der Waals surface area contributed by atoms with Gasteiger partial charge in [-0.25, -0.2) is 0 Å². The van der Waals surface area contributed by atoms with Crippen LogP contribution in [0.15, 0.2) is 0 Å². The quantitative estimate of drug-likeness (QED) is 0.681. The Kier molecular flexibility index (Phi) is 3.20. The Morgan fingerprint density at radius 3 is 1.88 bits per heavy atom. The first-order valence-electron chi connectivity index (χ1n) is 7.54. The zero-order chi connectivity index (χ0) is 12.0. The fourth-order valence-corrected chi connectivity index (χ4v) is 4.94. The first-order valence-corrected chi connectivity index (χ1v) is 7.54. The molecule has 7 atom stereocenters. The highest BCUT2D eigenvalue weighted by Gasteiger charge is 2.50. The van der Waals surface area contributed by atoms with Gasteiger partial charge in [-0.05, 0) is 55.3 Å². The van der Waals surface area contributed by atoms with Crippen LogP contribution in [0.4, 0.5) is 0 Å². The van der Waals surface area contributed by atoms with Crippen LogP contribution in [0, 0.1) is 29.6 Å². The molecule has 2 nitrogen and oxygen atoms in total. The number of hydrogen-bond donors (Lipinski definition) is 2. The van der Waals surface area contributed by atoms with Crippen LogP contribution in [0.2, 0.25) is 0 Å². The molecule has 0 aromatic carbocycles. The Morgan fingerprint density at radius 2 is 1.24 bits per heavy atom. The lowest BCUT2D eigenvalue weighted by atomic mass is 9.56. The maximum absolute atomic E-state index is 10.6. The van der Waals surface area contributed by atoms with Crippen LogP contribution in [-0.4, -0.2) is 22.4 Å². The Morgan fingerprint density at radius 1 is 0.706 bits per heavy atom. The highest BCUT2D eigenvalue weighted by atomic mass is 16.3. The van der Waals surface area contributed by atoms with Crippen molar-refractivity contribution in [3.8, 4) is 0 Å². The van der Waals surface area contributed by atoms with Gasteiger partial charge < -0.3 is 10.2 Å². The predicted octanol–water partition coefficient (Wildman–Crippen LogP) is 2.58. The number of rotatable bonds is 0. The molecule has 17 heavy (non-hydrogen) atoms. The minimum Gasteiger partial charge on any atom is -0.393 e. The van der Waals surface area contributed by atoms with Gasteiger partial charge in [0.2, 0.25) is 0 Å². The summed E-state index contributed by atoms with van der Waals surface area (Å²) in [6.07, 6.45) is 8.03. The third kappa shape index (κ3) is 1.94. The molecule has 3 saturated carbocycles. The van der Waals surface area contributed by atoms with E-state index in [-0.39, 0.29) is 12.2 Å². The van der Waals surface area contributed by atoms with Crippen LogP contribution < -0.4 is 0 Å². The number of hydrogen-bond acceptors (Lipinski definition) is 2. The first kappa shape index (κ1) is 12.0. The van der Waals surface area contributed by atoms with Crippen LogP contribution in [0.3, 0.4) is 0 Å². The summed E-state index contributed by atoms with van der Waals surface area (Å²) >= 11 is 0. The highest BCUT2D eigenvalue weighted by molar-refractivity contribution is 5.00. The van der Waals surface area contributed by atoms with E-state index in [1.54, 1.807) is 0 Å². The normalized spacial score (nSPS) is 54.9. The molecule has 0 bridgehead atoms. The van der Waals surface area contributed by atoms with Crippen molar-refractivity contribution in [1.82, 2.24) is 0 Å². The SMILES string of the molecule is CC1CCC2C(O)C3CCCCC3C(O)C2C1. The fraction of sp³-hybridized carbons (Fsp3) is 1.00. The molecule has 0 heterocycles. The average Bonchev–Trinajstić information content (AvgIpc) is 2.36. The smallest absolute Gasteiger partial charge is 0.0603 e. The Bertz CT molecular complexity index is 278. The molecule has 0 saturated heterocycles. The van der Waals surface area contributed by atoms with Crippen molar-refractivity contribution in [3.63, 3.8) is 0 Å². The van der Waals surface area contributed by atoms with Crippen molar-refractivity contribution >= 4 is 0 Å². The van der Waals surface area contributed by atoms with Crippen molar-refractivity contribution in [2.75, 3.05) is 0 Å². The molecule has 0 aliphatic heterocycles. The second-order valence-corrected chi connectivity index (χ2v) is 6.84. The van der Waals surface area contributed by atoms with E-state index in [2.05, 4.69) is 6.92 Å². The van der Waals surface area contributed by atoms with E-state index in [0.717, 1.165) is 31.6 Å². The van der Waals surface area contributed by atoms with Crippen molar-refractivity contribution < 1.29 is 10.2 Å². The first-order chi connectivity index (χ1) is 8.18. The number of aliphatic hydroxyl groups excluding tert-OH is 2. The summed E-state index contributed by atoms with van der Waals surface area (Å²) < 4.78 is 0. The summed E-state index contributed by atoms with van der Waals surface area (Å²) in [5.74, 6) is 2.30. The summed E-state index contributed by atoms with van der Waals surface area (Å²) in [5.41, 5.74) is 0. The lowest BCUT2D eigenvalue weighted by molar-refractivity contribution is -0.148. The van der Waals surface area contributed by atoms with Gasteiger partial charge in [0.05, 0.1) is 12.2 Å². The van der Waals surface area contributed by atoms with E-state index in [9.17, 15) is 10.2 Å². The summed E-state index contributed by atoms with van der Waals surface area (Å²) in [6, 6.07) is 0. The van der Waals surface area contributed by atoms with E-state index in [1.807, 2.05) is 0 Å². The molecule has 0 aromatic heterocycles. The molecule has 3 aliphatic carbocycles. The van der Waals surface area contributed by atoms with Crippen LogP contribution in [0.5, 0.6) is 0 Å². The maximum atomic E-state index is 10.6. The largest absolute Gasteiger partial charge is 0.393 e. The van der Waals surface area contributed by atoms with Crippen LogP contribution in [-0.2, 0) is 0 Å². The van der Waals surface area contributed by atoms with Crippen LogP contribution in [0.1, 0.15) is 51.9 Å². The monoisotopic (exact) mass is 238 g/mol. The van der Waals surface area contributed by atoms with Crippen molar-refractivity contribution in [3.05, 3.63) is 0 Å². The van der Waals surface area contributed by atoms with Gasteiger partial charge in [0, 0.05) is 0 Å². The third-order valence-electron chi connectivity index (χ3n) is 5.85. The lowest BCUT2D eigenvalue weighted by Crippen LogP contribution is -2.54. The van der Waals surface area contributed by atoms with E-state index < -0.39 is 0 Å². The zero-order valence-electron chi connectivity index (χ0n) is 10.9.